The van der Waals surface area contributed by atoms with Crippen LogP contribution in [0.4, 0.5) is 0 Å². The predicted octanol–water partition coefficient (Wildman–Crippen LogP) is 8.17. The van der Waals surface area contributed by atoms with Gasteiger partial charge in [-0.15, -0.1) is 0 Å². The maximum absolute atomic E-state index is 13.0. The number of likely N-dealkylation sites (tertiary alicyclic amines) is 1. The van der Waals surface area contributed by atoms with Crippen LogP contribution in [-0.4, -0.2) is 51.1 Å². The number of benzene rings is 4. The highest BCUT2D eigenvalue weighted by atomic mass is 16.7. The second-order valence-electron chi connectivity index (χ2n) is 16.2. The van der Waals surface area contributed by atoms with Crippen LogP contribution in [0.2, 0.25) is 0 Å². The van der Waals surface area contributed by atoms with Gasteiger partial charge in [0, 0.05) is 37.7 Å². The van der Waals surface area contributed by atoms with Crippen molar-refractivity contribution in [2.45, 2.75) is 84.1 Å². The molecule has 3 heterocycles. The fourth-order valence-corrected chi connectivity index (χ4v) is 9.15. The zero-order valence-electron chi connectivity index (χ0n) is 30.3. The van der Waals surface area contributed by atoms with Crippen LogP contribution in [0.5, 0.6) is 0 Å². The van der Waals surface area contributed by atoms with Crippen molar-refractivity contribution in [2.75, 3.05) is 13.1 Å². The molecule has 5 atom stereocenters. The van der Waals surface area contributed by atoms with Crippen molar-refractivity contribution in [3.63, 3.8) is 0 Å². The van der Waals surface area contributed by atoms with Crippen molar-refractivity contribution in [2.24, 2.45) is 10.8 Å². The molecular weight excluding hydrogens is 649 g/mol. The van der Waals surface area contributed by atoms with Gasteiger partial charge in [0.25, 0.3) is 5.91 Å². The van der Waals surface area contributed by atoms with E-state index >= 15 is 0 Å². The first-order valence-corrected chi connectivity index (χ1v) is 18.6. The fourth-order valence-electron chi connectivity index (χ4n) is 9.15. The zero-order valence-corrected chi connectivity index (χ0v) is 30.3. The summed E-state index contributed by atoms with van der Waals surface area (Å²) < 4.78 is 13.6. The molecule has 1 aromatic heterocycles. The highest BCUT2D eigenvalue weighted by molar-refractivity contribution is 5.93. The third-order valence-electron chi connectivity index (χ3n) is 11.1. The molecule has 3 aliphatic rings. The van der Waals surface area contributed by atoms with E-state index in [0.717, 1.165) is 58.4 Å². The van der Waals surface area contributed by atoms with Crippen molar-refractivity contribution < 1.29 is 19.4 Å². The van der Waals surface area contributed by atoms with Crippen molar-refractivity contribution in [1.29, 1.82) is 0 Å². The summed E-state index contributed by atoms with van der Waals surface area (Å²) in [4.78, 5) is 24.5. The Labute approximate surface area is 306 Å². The van der Waals surface area contributed by atoms with Gasteiger partial charge in [-0.25, -0.2) is 4.98 Å². The smallest absolute Gasteiger partial charge is 0.271 e. The number of hydrogen-bond donors (Lipinski definition) is 2. The molecule has 8 heteroatoms. The van der Waals surface area contributed by atoms with Gasteiger partial charge in [-0.2, -0.15) is 0 Å². The molecule has 2 bridgehead atoms. The molecule has 8 rings (SSSR count). The molecule has 4 aromatic carbocycles. The highest BCUT2D eigenvalue weighted by Crippen LogP contribution is 2.53. The first-order valence-electron chi connectivity index (χ1n) is 18.6. The standard InChI is InChI=1S/C44H48N4O4/c1-43(2)21-35-22-44(3,27-43)28-48(35)25-36-20-40(31-16-14-29(26-49)15-17-31)52-42(51-36)34-11-7-10-33(19-34)32-9-6-8-30(18-32)23-46-41(50)39-24-45-37-12-4-5-13-38(37)47-39/h4-19,24,35-36,40,42,49H,20-23,25-28H2,1-3H3,(H,46,50). The monoisotopic (exact) mass is 696 g/mol. The van der Waals surface area contributed by atoms with Gasteiger partial charge in [-0.1, -0.05) is 93.6 Å². The van der Waals surface area contributed by atoms with E-state index < -0.39 is 6.29 Å². The summed E-state index contributed by atoms with van der Waals surface area (Å²) in [6.45, 7) is 9.70. The van der Waals surface area contributed by atoms with Gasteiger partial charge in [0.1, 0.15) is 5.69 Å². The molecule has 3 fully saturated rings. The normalized spacial score (nSPS) is 25.6. The topological polar surface area (TPSA) is 96.8 Å². The van der Waals surface area contributed by atoms with E-state index in [-0.39, 0.29) is 24.7 Å². The summed E-state index contributed by atoms with van der Waals surface area (Å²) in [6.07, 6.45) is 5.40. The molecule has 0 spiro atoms. The van der Waals surface area contributed by atoms with Gasteiger partial charge < -0.3 is 19.9 Å². The summed E-state index contributed by atoms with van der Waals surface area (Å²) in [7, 11) is 0. The number of nitrogens with one attached hydrogen (secondary N) is 1. The van der Waals surface area contributed by atoms with Crippen LogP contribution in [-0.2, 0) is 22.6 Å². The van der Waals surface area contributed by atoms with Crippen molar-refractivity contribution in [3.8, 4) is 11.1 Å². The number of aliphatic hydroxyl groups excluding tert-OH is 1. The van der Waals surface area contributed by atoms with Crippen LogP contribution >= 0.6 is 0 Å². The minimum atomic E-state index is -0.527. The Hall–Kier alpha value is -4.47. The van der Waals surface area contributed by atoms with Crippen LogP contribution in [0.3, 0.4) is 0 Å². The Morgan fingerprint density at radius 1 is 0.865 bits per heavy atom. The summed E-state index contributed by atoms with van der Waals surface area (Å²) in [5.41, 5.74) is 8.49. The van der Waals surface area contributed by atoms with E-state index in [4.69, 9.17) is 9.47 Å². The number of fused-ring (bicyclic) bond motifs is 3. The maximum atomic E-state index is 13.0. The van der Waals surface area contributed by atoms with E-state index in [1.165, 1.54) is 25.5 Å². The molecule has 1 amide bonds. The Balaban J connectivity index is 0.999. The molecule has 5 aromatic rings. The number of aromatic nitrogens is 2. The first kappa shape index (κ1) is 34.6. The van der Waals surface area contributed by atoms with Crippen LogP contribution in [0.15, 0.2) is 103 Å². The quantitative estimate of drug-likeness (QED) is 0.161. The molecule has 1 saturated carbocycles. The zero-order chi connectivity index (χ0) is 35.9. The largest absolute Gasteiger partial charge is 0.392 e. The number of hydrogen-bond acceptors (Lipinski definition) is 7. The van der Waals surface area contributed by atoms with Gasteiger partial charge in [0.2, 0.25) is 0 Å². The summed E-state index contributed by atoms with van der Waals surface area (Å²) in [6, 6.07) is 32.9. The molecule has 2 aliphatic heterocycles. The van der Waals surface area contributed by atoms with Crippen molar-refractivity contribution >= 4 is 16.9 Å². The number of aliphatic hydroxyl groups is 1. The molecule has 268 valence electrons. The average molecular weight is 697 g/mol. The molecule has 2 N–H and O–H groups in total. The van der Waals surface area contributed by atoms with Gasteiger partial charge >= 0.3 is 0 Å². The summed E-state index contributed by atoms with van der Waals surface area (Å²) in [5, 5.41) is 12.7. The van der Waals surface area contributed by atoms with Crippen LogP contribution in [0.25, 0.3) is 22.2 Å². The average Bonchev–Trinajstić information content (AvgIpc) is 3.40. The molecule has 8 nitrogen and oxygen atoms in total. The van der Waals surface area contributed by atoms with Crippen LogP contribution in [0.1, 0.15) is 91.6 Å². The summed E-state index contributed by atoms with van der Waals surface area (Å²) >= 11 is 0. The van der Waals surface area contributed by atoms with Crippen LogP contribution < -0.4 is 5.32 Å². The lowest BCUT2D eigenvalue weighted by Gasteiger charge is -2.41. The van der Waals surface area contributed by atoms with Gasteiger partial charge in [0.15, 0.2) is 6.29 Å². The van der Waals surface area contributed by atoms with Gasteiger partial charge in [-0.3, -0.25) is 14.7 Å². The molecule has 1 aliphatic carbocycles. The van der Waals surface area contributed by atoms with E-state index in [0.29, 0.717) is 34.6 Å². The number of rotatable bonds is 9. The number of ether oxygens (including phenoxy) is 2. The van der Waals surface area contributed by atoms with E-state index in [9.17, 15) is 9.90 Å². The Kier molecular flexibility index (Phi) is 9.42. The third-order valence-corrected chi connectivity index (χ3v) is 11.1. The minimum absolute atomic E-state index is 0.00946. The Morgan fingerprint density at radius 3 is 2.44 bits per heavy atom. The first-order chi connectivity index (χ1) is 25.1. The second kappa shape index (κ2) is 14.2. The highest BCUT2D eigenvalue weighted by Gasteiger charge is 2.50. The lowest BCUT2D eigenvalue weighted by molar-refractivity contribution is -0.253. The van der Waals surface area contributed by atoms with Crippen LogP contribution in [0, 0.1) is 10.8 Å². The number of carbonyl (C=O) groups excluding carboxylic acids is 1. The van der Waals surface area contributed by atoms with E-state index in [1.807, 2.05) is 48.5 Å². The SMILES string of the molecule is CC1(C)CC2CC(C)(CN2CC2CC(c3ccc(CO)cc3)OC(c3cccc(-c4cccc(CNC(=O)c5cnc6ccccc6n5)c4)c3)O2)C1. The molecule has 2 saturated heterocycles. The molecular formula is C44H48N4O4. The van der Waals surface area contributed by atoms with Crippen molar-refractivity contribution in [1.82, 2.24) is 20.2 Å². The molecule has 52 heavy (non-hydrogen) atoms. The third kappa shape index (κ3) is 7.53. The Bertz CT molecular complexity index is 2070. The lowest BCUT2D eigenvalue weighted by Crippen LogP contribution is -2.42. The number of nitrogens with zero attached hydrogens (tertiary/aromatic N) is 3. The van der Waals surface area contributed by atoms with Gasteiger partial charge in [0.05, 0.1) is 36.0 Å². The van der Waals surface area contributed by atoms with E-state index in [1.54, 1.807) is 0 Å². The molecule has 5 unspecified atom stereocenters. The van der Waals surface area contributed by atoms with Gasteiger partial charge in [-0.05, 0) is 82.2 Å². The second-order valence-corrected chi connectivity index (χ2v) is 16.2. The Morgan fingerprint density at radius 2 is 1.63 bits per heavy atom. The number of carbonyl (C=O) groups is 1. The summed E-state index contributed by atoms with van der Waals surface area (Å²) in [5.74, 6) is -0.262. The van der Waals surface area contributed by atoms with E-state index in [2.05, 4.69) is 89.5 Å². The predicted molar refractivity (Wildman–Crippen MR) is 202 cm³/mol. The lowest BCUT2D eigenvalue weighted by atomic mass is 9.65. The number of amides is 1. The molecule has 0 radical (unpaired) electrons. The minimum Gasteiger partial charge on any atom is -0.392 e. The van der Waals surface area contributed by atoms with Crippen molar-refractivity contribution in [3.05, 3.63) is 131 Å². The maximum Gasteiger partial charge on any atom is 0.271 e. The fraction of sp³-hybridized carbons (Fsp3) is 0.386. The number of para-hydroxylation sites is 2.